The van der Waals surface area contributed by atoms with Crippen LogP contribution in [0.3, 0.4) is 0 Å². The van der Waals surface area contributed by atoms with Gasteiger partial charge in [0.2, 0.25) is 11.8 Å². The number of hydrogen-bond donors (Lipinski definition) is 1. The quantitative estimate of drug-likeness (QED) is 0.846. The predicted molar refractivity (Wildman–Crippen MR) is 61.1 cm³/mol. The van der Waals surface area contributed by atoms with Crippen molar-refractivity contribution in [1.29, 1.82) is 0 Å². The number of carbonyl (C=O) groups excluding carboxylic acids is 2. The summed E-state index contributed by atoms with van der Waals surface area (Å²) in [7, 11) is 0. The molecule has 0 spiro atoms. The third-order valence-electron chi connectivity index (χ3n) is 3.50. The molecule has 0 bridgehead atoms. The maximum Gasteiger partial charge on any atom is 0.406 e. The van der Waals surface area contributed by atoms with Crippen LogP contribution in [-0.2, 0) is 9.59 Å². The topological polar surface area (TPSA) is 49.4 Å². The van der Waals surface area contributed by atoms with Crippen molar-refractivity contribution in [3.63, 3.8) is 0 Å². The zero-order chi connectivity index (χ0) is 14.2. The number of nitrogens with one attached hydrogen (secondary N) is 1. The second kappa shape index (κ2) is 5.02. The van der Waals surface area contributed by atoms with E-state index in [9.17, 15) is 22.8 Å². The van der Waals surface area contributed by atoms with Crippen molar-refractivity contribution in [2.75, 3.05) is 6.54 Å². The summed E-state index contributed by atoms with van der Waals surface area (Å²) in [6, 6.07) is -1.75. The first-order valence-electron chi connectivity index (χ1n) is 6.51. The second-order valence-electron chi connectivity index (χ2n) is 5.21. The second-order valence-corrected chi connectivity index (χ2v) is 5.21. The van der Waals surface area contributed by atoms with Crippen LogP contribution in [0.15, 0.2) is 0 Å². The largest absolute Gasteiger partial charge is 0.406 e. The molecule has 1 saturated heterocycles. The first kappa shape index (κ1) is 14.1. The molecule has 1 N–H and O–H groups in total. The number of amides is 2. The summed E-state index contributed by atoms with van der Waals surface area (Å²) < 4.78 is 37.8. The molecule has 7 heteroatoms. The molecule has 108 valence electrons. The van der Waals surface area contributed by atoms with E-state index in [1.54, 1.807) is 0 Å². The van der Waals surface area contributed by atoms with Crippen molar-refractivity contribution in [2.24, 2.45) is 5.92 Å². The number of carbonyl (C=O) groups is 2. The standard InChI is InChI=1S/C12H17F3N2O2/c1-2-3-8-11(19)17(6-12(13,14)15)9(7-4-5-7)10(18)16-8/h7-9H,2-6H2,1H3,(H,16,18). The highest BCUT2D eigenvalue weighted by molar-refractivity contribution is 5.97. The molecule has 0 aromatic heterocycles. The van der Waals surface area contributed by atoms with Gasteiger partial charge in [-0.15, -0.1) is 0 Å². The van der Waals surface area contributed by atoms with E-state index in [4.69, 9.17) is 0 Å². The molecule has 2 rings (SSSR count). The zero-order valence-electron chi connectivity index (χ0n) is 10.7. The molecule has 1 heterocycles. The average molecular weight is 278 g/mol. The van der Waals surface area contributed by atoms with Gasteiger partial charge in [-0.2, -0.15) is 13.2 Å². The monoisotopic (exact) mass is 278 g/mol. The molecule has 4 nitrogen and oxygen atoms in total. The van der Waals surface area contributed by atoms with Crippen LogP contribution in [0, 0.1) is 5.92 Å². The fourth-order valence-corrected chi connectivity index (χ4v) is 2.53. The number of rotatable bonds is 4. The number of piperazine rings is 1. The predicted octanol–water partition coefficient (Wildman–Crippen LogP) is 1.45. The molecule has 2 aliphatic rings. The Bertz CT molecular complexity index is 380. The Labute approximate surface area is 109 Å². The summed E-state index contributed by atoms with van der Waals surface area (Å²) in [5.41, 5.74) is 0. The highest BCUT2D eigenvalue weighted by atomic mass is 19.4. The summed E-state index contributed by atoms with van der Waals surface area (Å²) in [6.45, 7) is 0.487. The number of halogens is 3. The molecular formula is C12H17F3N2O2. The molecular weight excluding hydrogens is 261 g/mol. The van der Waals surface area contributed by atoms with E-state index in [1.807, 2.05) is 6.92 Å². The normalized spacial score (nSPS) is 28.5. The van der Waals surface area contributed by atoms with E-state index in [1.165, 1.54) is 0 Å². The summed E-state index contributed by atoms with van der Waals surface area (Å²) in [5.74, 6) is -1.16. The van der Waals surface area contributed by atoms with Gasteiger partial charge in [-0.1, -0.05) is 13.3 Å². The van der Waals surface area contributed by atoms with E-state index >= 15 is 0 Å². The molecule has 2 atom stereocenters. The molecule has 1 saturated carbocycles. The summed E-state index contributed by atoms with van der Waals surface area (Å²) in [6.07, 6.45) is -2.06. The van der Waals surface area contributed by atoms with E-state index in [2.05, 4.69) is 5.32 Å². The van der Waals surface area contributed by atoms with Crippen LogP contribution in [-0.4, -0.2) is 41.5 Å². The molecule has 2 unspecified atom stereocenters. The molecule has 0 aromatic carbocycles. The zero-order valence-corrected chi connectivity index (χ0v) is 10.7. The van der Waals surface area contributed by atoms with Crippen molar-refractivity contribution in [3.8, 4) is 0 Å². The van der Waals surface area contributed by atoms with Gasteiger partial charge in [0.25, 0.3) is 0 Å². The lowest BCUT2D eigenvalue weighted by Gasteiger charge is -2.39. The minimum atomic E-state index is -4.48. The Hall–Kier alpha value is -1.27. The Morgan fingerprint density at radius 2 is 1.95 bits per heavy atom. The van der Waals surface area contributed by atoms with E-state index in [-0.39, 0.29) is 5.92 Å². The molecule has 2 amide bonds. The lowest BCUT2D eigenvalue weighted by Crippen LogP contribution is -2.65. The van der Waals surface area contributed by atoms with Crippen LogP contribution in [0.1, 0.15) is 32.6 Å². The minimum Gasteiger partial charge on any atom is -0.342 e. The highest BCUT2D eigenvalue weighted by Crippen LogP contribution is 2.38. The minimum absolute atomic E-state index is 0.117. The molecule has 0 aromatic rings. The van der Waals surface area contributed by atoms with Gasteiger partial charge >= 0.3 is 6.18 Å². The fraction of sp³-hybridized carbons (Fsp3) is 0.833. The van der Waals surface area contributed by atoms with Gasteiger partial charge in [0, 0.05) is 0 Å². The third-order valence-corrected chi connectivity index (χ3v) is 3.50. The van der Waals surface area contributed by atoms with Crippen LogP contribution in [0.4, 0.5) is 13.2 Å². The molecule has 1 aliphatic carbocycles. The van der Waals surface area contributed by atoms with Gasteiger partial charge in [0.05, 0.1) is 0 Å². The maximum atomic E-state index is 12.6. The lowest BCUT2D eigenvalue weighted by molar-refractivity contribution is -0.175. The number of alkyl halides is 3. The van der Waals surface area contributed by atoms with Crippen molar-refractivity contribution < 1.29 is 22.8 Å². The SMILES string of the molecule is CCCC1NC(=O)C(C2CC2)N(CC(F)(F)F)C1=O. The van der Waals surface area contributed by atoms with Gasteiger partial charge in [-0.05, 0) is 25.2 Å². The Morgan fingerprint density at radius 1 is 1.32 bits per heavy atom. The highest BCUT2D eigenvalue weighted by Gasteiger charge is 2.50. The molecule has 0 radical (unpaired) electrons. The van der Waals surface area contributed by atoms with Crippen molar-refractivity contribution in [2.45, 2.75) is 50.9 Å². The van der Waals surface area contributed by atoms with Crippen LogP contribution in [0.5, 0.6) is 0 Å². The van der Waals surface area contributed by atoms with E-state index in [0.717, 1.165) is 4.90 Å². The van der Waals surface area contributed by atoms with E-state index < -0.39 is 36.6 Å². The Kier molecular flexibility index (Phi) is 3.73. The van der Waals surface area contributed by atoms with Gasteiger partial charge in [-0.3, -0.25) is 9.59 Å². The third kappa shape index (κ3) is 3.19. The first-order valence-corrected chi connectivity index (χ1v) is 6.51. The lowest BCUT2D eigenvalue weighted by atomic mass is 10.0. The number of hydrogen-bond acceptors (Lipinski definition) is 2. The van der Waals surface area contributed by atoms with Crippen LogP contribution in [0.25, 0.3) is 0 Å². The van der Waals surface area contributed by atoms with Gasteiger partial charge in [0.15, 0.2) is 0 Å². The summed E-state index contributed by atoms with van der Waals surface area (Å²) in [4.78, 5) is 24.8. The number of nitrogens with zero attached hydrogens (tertiary/aromatic N) is 1. The van der Waals surface area contributed by atoms with Gasteiger partial charge < -0.3 is 10.2 Å². The fourth-order valence-electron chi connectivity index (χ4n) is 2.53. The first-order chi connectivity index (χ1) is 8.83. The van der Waals surface area contributed by atoms with Crippen LogP contribution < -0.4 is 5.32 Å². The molecule has 1 aliphatic heterocycles. The van der Waals surface area contributed by atoms with E-state index in [0.29, 0.717) is 25.7 Å². The molecule has 19 heavy (non-hydrogen) atoms. The van der Waals surface area contributed by atoms with Crippen molar-refractivity contribution in [1.82, 2.24) is 10.2 Å². The smallest absolute Gasteiger partial charge is 0.342 e. The van der Waals surface area contributed by atoms with Crippen LogP contribution in [0.2, 0.25) is 0 Å². The summed E-state index contributed by atoms with van der Waals surface area (Å²) in [5, 5.41) is 2.56. The Morgan fingerprint density at radius 3 is 2.42 bits per heavy atom. The van der Waals surface area contributed by atoms with Crippen LogP contribution >= 0.6 is 0 Å². The van der Waals surface area contributed by atoms with Gasteiger partial charge in [-0.25, -0.2) is 0 Å². The average Bonchev–Trinajstić information content (AvgIpc) is 3.07. The Balaban J connectivity index is 2.19. The van der Waals surface area contributed by atoms with Crippen molar-refractivity contribution >= 4 is 11.8 Å². The van der Waals surface area contributed by atoms with Gasteiger partial charge in [0.1, 0.15) is 18.6 Å². The maximum absolute atomic E-state index is 12.6. The molecule has 2 fully saturated rings. The summed E-state index contributed by atoms with van der Waals surface area (Å²) >= 11 is 0. The van der Waals surface area contributed by atoms with Crippen molar-refractivity contribution in [3.05, 3.63) is 0 Å².